The highest BCUT2D eigenvalue weighted by atomic mass is 32.1. The second kappa shape index (κ2) is 7.89. The van der Waals surface area contributed by atoms with Crippen molar-refractivity contribution in [1.82, 2.24) is 14.9 Å². The third-order valence-electron chi connectivity index (χ3n) is 3.73. The zero-order valence-electron chi connectivity index (χ0n) is 15.5. The van der Waals surface area contributed by atoms with Crippen molar-refractivity contribution >= 4 is 29.0 Å². The van der Waals surface area contributed by atoms with E-state index in [-0.39, 0.29) is 17.1 Å². The number of furan rings is 1. The number of aromatic nitrogens is 2. The van der Waals surface area contributed by atoms with Crippen LogP contribution in [-0.2, 0) is 4.79 Å². The lowest BCUT2D eigenvalue weighted by Gasteiger charge is -2.32. The molecule has 0 aliphatic heterocycles. The Hall–Kier alpha value is -3.07. The van der Waals surface area contributed by atoms with Crippen molar-refractivity contribution < 1.29 is 18.4 Å². The summed E-state index contributed by atoms with van der Waals surface area (Å²) in [6.07, 6.45) is 1.39. The predicted molar refractivity (Wildman–Crippen MR) is 102 cm³/mol. The molecular weight excluding hydrogens is 383 g/mol. The Morgan fingerprint density at radius 2 is 1.96 bits per heavy atom. The number of nitrogens with one attached hydrogen (secondary N) is 1. The molecule has 3 aromatic rings. The molecule has 0 bridgehead atoms. The maximum atomic E-state index is 14.7. The maximum Gasteiger partial charge on any atom is 0.280 e. The summed E-state index contributed by atoms with van der Waals surface area (Å²) in [5, 5.41) is 8.05. The van der Waals surface area contributed by atoms with Crippen LogP contribution in [0.25, 0.3) is 0 Å². The first kappa shape index (κ1) is 19.7. The molecule has 7 nitrogen and oxygen atoms in total. The van der Waals surface area contributed by atoms with E-state index in [1.165, 1.54) is 29.8 Å². The van der Waals surface area contributed by atoms with Gasteiger partial charge in [0.15, 0.2) is 11.7 Å². The summed E-state index contributed by atoms with van der Waals surface area (Å²) < 4.78 is 23.8. The fraction of sp³-hybridized carbons (Fsp3) is 0.263. The number of para-hydroxylation sites is 1. The number of rotatable bonds is 5. The van der Waals surface area contributed by atoms with Gasteiger partial charge in [0, 0.05) is 10.9 Å². The summed E-state index contributed by atoms with van der Waals surface area (Å²) in [5.41, 5.74) is -0.632. The van der Waals surface area contributed by atoms with Crippen LogP contribution >= 0.6 is 11.5 Å². The Bertz CT molecular complexity index is 952. The molecule has 0 aliphatic carbocycles. The van der Waals surface area contributed by atoms with Crippen LogP contribution in [0.1, 0.15) is 43.1 Å². The fourth-order valence-corrected chi connectivity index (χ4v) is 3.08. The van der Waals surface area contributed by atoms with Gasteiger partial charge in [-0.25, -0.2) is 4.39 Å². The standard InChI is InChI=1S/C19H19FN4O3S/c1-19(2,3)21-17(25)16(15-9-6-10-27-15)24(14-8-5-4-7-12(14)20)18(26)13-11-28-23-22-13/h4-11,16H,1-3H3,(H,21,25)/t16-/m1/s1. The van der Waals surface area contributed by atoms with Gasteiger partial charge in [-0.3, -0.25) is 14.5 Å². The maximum absolute atomic E-state index is 14.7. The Morgan fingerprint density at radius 1 is 1.21 bits per heavy atom. The number of carbonyl (C=O) groups excluding carboxylic acids is 2. The van der Waals surface area contributed by atoms with Gasteiger partial charge >= 0.3 is 0 Å². The molecule has 0 radical (unpaired) electrons. The lowest BCUT2D eigenvalue weighted by Crippen LogP contribution is -2.49. The second-order valence-electron chi connectivity index (χ2n) is 7.07. The largest absolute Gasteiger partial charge is 0.467 e. The van der Waals surface area contributed by atoms with Gasteiger partial charge in [0.05, 0.1) is 12.0 Å². The molecule has 0 saturated heterocycles. The number of anilines is 1. The SMILES string of the molecule is CC(C)(C)NC(=O)[C@@H](c1ccco1)N(C(=O)c1csnn1)c1ccccc1F. The van der Waals surface area contributed by atoms with Crippen molar-refractivity contribution in [3.63, 3.8) is 0 Å². The normalized spacial score (nSPS) is 12.4. The van der Waals surface area contributed by atoms with Crippen LogP contribution in [-0.4, -0.2) is 26.9 Å². The Balaban J connectivity index is 2.15. The molecule has 2 heterocycles. The minimum atomic E-state index is -1.24. The van der Waals surface area contributed by atoms with Crippen LogP contribution < -0.4 is 10.2 Å². The first-order chi connectivity index (χ1) is 13.3. The van der Waals surface area contributed by atoms with Crippen LogP contribution in [0.3, 0.4) is 0 Å². The van der Waals surface area contributed by atoms with E-state index < -0.39 is 29.2 Å². The van der Waals surface area contributed by atoms with Gasteiger partial charge in [0.2, 0.25) is 0 Å². The van der Waals surface area contributed by atoms with Crippen molar-refractivity contribution in [2.45, 2.75) is 32.4 Å². The van der Waals surface area contributed by atoms with E-state index in [1.54, 1.807) is 18.2 Å². The van der Waals surface area contributed by atoms with Crippen LogP contribution in [0.2, 0.25) is 0 Å². The monoisotopic (exact) mass is 402 g/mol. The Labute approximate surface area is 165 Å². The van der Waals surface area contributed by atoms with E-state index in [1.807, 2.05) is 20.8 Å². The summed E-state index contributed by atoms with van der Waals surface area (Å²) >= 11 is 0.986. The lowest BCUT2D eigenvalue weighted by molar-refractivity contribution is -0.124. The van der Waals surface area contributed by atoms with E-state index >= 15 is 0 Å². The molecule has 2 amide bonds. The molecule has 1 N–H and O–H groups in total. The van der Waals surface area contributed by atoms with Crippen molar-refractivity contribution in [2.24, 2.45) is 0 Å². The van der Waals surface area contributed by atoms with E-state index in [0.29, 0.717) is 0 Å². The number of halogens is 1. The molecule has 0 spiro atoms. The Kier molecular flexibility index (Phi) is 5.55. The molecule has 3 rings (SSSR count). The van der Waals surface area contributed by atoms with Crippen molar-refractivity contribution in [1.29, 1.82) is 0 Å². The topological polar surface area (TPSA) is 88.3 Å². The molecule has 0 unspecified atom stereocenters. The summed E-state index contributed by atoms with van der Waals surface area (Å²) in [6.45, 7) is 5.43. The van der Waals surface area contributed by atoms with Gasteiger partial charge in [-0.15, -0.1) is 5.10 Å². The van der Waals surface area contributed by atoms with Crippen molar-refractivity contribution in [3.05, 3.63) is 65.3 Å². The minimum Gasteiger partial charge on any atom is -0.467 e. The number of carbonyl (C=O) groups is 2. The van der Waals surface area contributed by atoms with Crippen LogP contribution in [0.15, 0.2) is 52.5 Å². The zero-order valence-corrected chi connectivity index (χ0v) is 16.4. The molecule has 0 fully saturated rings. The third kappa shape index (κ3) is 4.25. The van der Waals surface area contributed by atoms with Crippen LogP contribution in [0, 0.1) is 5.82 Å². The van der Waals surface area contributed by atoms with E-state index in [2.05, 4.69) is 14.9 Å². The third-order valence-corrected chi connectivity index (χ3v) is 4.23. The number of nitrogens with zero attached hydrogens (tertiary/aromatic N) is 3. The number of hydrogen-bond acceptors (Lipinski definition) is 6. The highest BCUT2D eigenvalue weighted by molar-refractivity contribution is 7.03. The van der Waals surface area contributed by atoms with Crippen molar-refractivity contribution in [2.75, 3.05) is 4.90 Å². The van der Waals surface area contributed by atoms with Crippen LogP contribution in [0.4, 0.5) is 10.1 Å². The van der Waals surface area contributed by atoms with Crippen LogP contribution in [0.5, 0.6) is 0 Å². The molecule has 28 heavy (non-hydrogen) atoms. The summed E-state index contributed by atoms with van der Waals surface area (Å²) in [7, 11) is 0. The van der Waals surface area contributed by atoms with Gasteiger partial charge in [0.1, 0.15) is 11.6 Å². The molecule has 0 aliphatic rings. The van der Waals surface area contributed by atoms with Gasteiger partial charge in [-0.1, -0.05) is 16.6 Å². The fourth-order valence-electron chi connectivity index (χ4n) is 2.65. The highest BCUT2D eigenvalue weighted by Crippen LogP contribution is 2.32. The first-order valence-electron chi connectivity index (χ1n) is 8.48. The number of amides is 2. The molecule has 9 heteroatoms. The first-order valence-corrected chi connectivity index (χ1v) is 9.32. The lowest BCUT2D eigenvalue weighted by atomic mass is 10.1. The quantitative estimate of drug-likeness (QED) is 0.705. The summed E-state index contributed by atoms with van der Waals surface area (Å²) in [6, 6.07) is 7.65. The Morgan fingerprint density at radius 3 is 2.54 bits per heavy atom. The van der Waals surface area contributed by atoms with Crippen molar-refractivity contribution in [3.8, 4) is 0 Å². The van der Waals surface area contributed by atoms with Gasteiger partial charge < -0.3 is 9.73 Å². The molecule has 0 saturated carbocycles. The molecule has 2 aromatic heterocycles. The smallest absolute Gasteiger partial charge is 0.280 e. The van der Waals surface area contributed by atoms with E-state index in [0.717, 1.165) is 16.4 Å². The summed E-state index contributed by atoms with van der Waals surface area (Å²) in [5.74, 6) is -1.63. The molecule has 146 valence electrons. The number of hydrogen-bond donors (Lipinski definition) is 1. The minimum absolute atomic E-state index is 0.00775. The molecular formula is C19H19FN4O3S. The molecule has 1 aromatic carbocycles. The van der Waals surface area contributed by atoms with Gasteiger partial charge in [-0.05, 0) is 56.6 Å². The second-order valence-corrected chi connectivity index (χ2v) is 7.68. The average molecular weight is 402 g/mol. The summed E-state index contributed by atoms with van der Waals surface area (Å²) in [4.78, 5) is 27.4. The van der Waals surface area contributed by atoms with E-state index in [9.17, 15) is 14.0 Å². The van der Waals surface area contributed by atoms with Gasteiger partial charge in [0.25, 0.3) is 11.8 Å². The van der Waals surface area contributed by atoms with E-state index in [4.69, 9.17) is 4.42 Å². The number of benzene rings is 1. The zero-order chi connectivity index (χ0) is 20.3. The highest BCUT2D eigenvalue weighted by Gasteiger charge is 2.38. The molecule has 1 atom stereocenters. The van der Waals surface area contributed by atoms with Gasteiger partial charge in [-0.2, -0.15) is 0 Å². The average Bonchev–Trinajstić information content (AvgIpc) is 3.32. The predicted octanol–water partition coefficient (Wildman–Crippen LogP) is 3.57.